The fraction of sp³-hybridized carbons (Fsp3) is 0.0513. The van der Waals surface area contributed by atoms with Crippen LogP contribution in [0.3, 0.4) is 0 Å². The van der Waals surface area contributed by atoms with Crippen molar-refractivity contribution in [2.45, 2.75) is 26.2 Å². The summed E-state index contributed by atoms with van der Waals surface area (Å²) in [5, 5.41) is 7.46. The Bertz CT molecular complexity index is 4530. The van der Waals surface area contributed by atoms with Crippen LogP contribution in [0.25, 0.3) is 138 Å². The molecule has 14 rings (SSSR count). The quantitative estimate of drug-likeness (QED) is 0.127. The highest BCUT2D eigenvalue weighted by molar-refractivity contribution is 6.22. The summed E-state index contributed by atoms with van der Waals surface area (Å²) in [7, 11) is 0. The molecule has 1 heteroatoms. The van der Waals surface area contributed by atoms with Gasteiger partial charge in [-0.15, -0.1) is 0 Å². The molecule has 0 unspecified atom stereocenters. The third kappa shape index (κ3) is 8.80. The Balaban J connectivity index is 0.863. The van der Waals surface area contributed by atoms with Gasteiger partial charge in [-0.25, -0.2) is 0 Å². The van der Waals surface area contributed by atoms with Gasteiger partial charge in [0.15, 0.2) is 0 Å². The second-order valence-electron chi connectivity index (χ2n) is 22.1. The molecular weight excluding hydrogens is 951 g/mol. The van der Waals surface area contributed by atoms with E-state index in [-0.39, 0.29) is 5.41 Å². The molecule has 0 saturated heterocycles. The number of benzene rings is 13. The molecule has 0 saturated carbocycles. The fourth-order valence-electron chi connectivity index (χ4n) is 12.0. The normalized spacial score (nSPS) is 11.7. The molecule has 1 aromatic heterocycles. The average molecular weight is 1010 g/mol. The second-order valence-corrected chi connectivity index (χ2v) is 22.1. The molecule has 0 N–H and O–H groups in total. The number of para-hydroxylation sites is 1. The molecule has 0 spiro atoms. The van der Waals surface area contributed by atoms with Gasteiger partial charge in [0.05, 0.1) is 11.0 Å². The standard InChI is InChI=1S/C78H57N/c1-78(2,3)66-43-47-75-71(51-66)70-48-65(42-46-74(70)79(75)67-22-14-7-15-23-67)60-30-28-57(29-31-60)59-34-38-62(39-35-59)77-69-45-41-63(53-18-10-5-11-19-53)49-72(69)76(68-44-40-64(50-73(68)77)54-20-12-6-13-21-54)61-36-32-58(33-37-61)56-26-24-55(25-27-56)52-16-8-4-9-17-52/h4-51H,1-3H3. The summed E-state index contributed by atoms with van der Waals surface area (Å²) in [6.45, 7) is 6.88. The SMILES string of the molecule is CC(C)(C)c1ccc2c(c1)c1cc(-c3ccc(-c4ccc(-c5c6ccc(-c7ccccc7)cc6c(-c6ccc(-c7ccc(-c8ccccc8)cc7)cc6)c6ccc(-c7ccccc7)cc56)cc4)cc3)ccc1n2-c1ccccc1. The molecule has 1 nitrogen and oxygen atoms in total. The Hall–Kier alpha value is -9.82. The van der Waals surface area contributed by atoms with Crippen molar-refractivity contribution >= 4 is 43.4 Å². The van der Waals surface area contributed by atoms with Gasteiger partial charge in [0.25, 0.3) is 0 Å². The van der Waals surface area contributed by atoms with Crippen LogP contribution in [0.5, 0.6) is 0 Å². The number of aromatic nitrogens is 1. The topological polar surface area (TPSA) is 4.93 Å². The maximum absolute atomic E-state index is 2.42. The first-order valence-corrected chi connectivity index (χ1v) is 27.6. The lowest BCUT2D eigenvalue weighted by atomic mass is 9.83. The number of fused-ring (bicyclic) bond motifs is 5. The Kier molecular flexibility index (Phi) is 11.8. The van der Waals surface area contributed by atoms with Crippen LogP contribution in [-0.2, 0) is 5.41 Å². The van der Waals surface area contributed by atoms with E-state index in [1.54, 1.807) is 0 Å². The van der Waals surface area contributed by atoms with E-state index in [9.17, 15) is 0 Å². The lowest BCUT2D eigenvalue weighted by Gasteiger charge is -2.20. The third-order valence-electron chi connectivity index (χ3n) is 16.2. The van der Waals surface area contributed by atoms with Crippen molar-refractivity contribution < 1.29 is 0 Å². The molecular formula is C78H57N. The van der Waals surface area contributed by atoms with Gasteiger partial charge in [-0.05, 0) is 170 Å². The van der Waals surface area contributed by atoms with Gasteiger partial charge in [0.1, 0.15) is 0 Å². The number of hydrogen-bond acceptors (Lipinski definition) is 0. The molecule has 0 fully saturated rings. The highest BCUT2D eigenvalue weighted by Gasteiger charge is 2.21. The van der Waals surface area contributed by atoms with Crippen molar-refractivity contribution in [1.29, 1.82) is 0 Å². The summed E-state index contributed by atoms with van der Waals surface area (Å²) in [6, 6.07) is 108. The zero-order valence-electron chi connectivity index (χ0n) is 44.7. The summed E-state index contributed by atoms with van der Waals surface area (Å²) >= 11 is 0. The van der Waals surface area contributed by atoms with E-state index < -0.39 is 0 Å². The summed E-state index contributed by atoms with van der Waals surface area (Å²) in [5.41, 5.74) is 24.3. The maximum Gasteiger partial charge on any atom is 0.0541 e. The van der Waals surface area contributed by atoms with Crippen LogP contribution < -0.4 is 0 Å². The molecule has 1 heterocycles. The van der Waals surface area contributed by atoms with E-state index in [0.717, 1.165) is 0 Å². The Labute approximate surface area is 463 Å². The molecule has 0 aliphatic carbocycles. The summed E-state index contributed by atoms with van der Waals surface area (Å²) < 4.78 is 2.41. The van der Waals surface area contributed by atoms with E-state index >= 15 is 0 Å². The van der Waals surface area contributed by atoms with Crippen LogP contribution in [0.4, 0.5) is 0 Å². The zero-order valence-corrected chi connectivity index (χ0v) is 44.7. The maximum atomic E-state index is 2.42. The minimum Gasteiger partial charge on any atom is -0.309 e. The van der Waals surface area contributed by atoms with Crippen LogP contribution >= 0.6 is 0 Å². The number of rotatable bonds is 9. The Morgan fingerprint density at radius 3 is 0.886 bits per heavy atom. The number of nitrogens with zero attached hydrogens (tertiary/aromatic N) is 1. The van der Waals surface area contributed by atoms with Crippen LogP contribution in [0.2, 0.25) is 0 Å². The minimum atomic E-state index is 0.0396. The molecule has 13 aromatic carbocycles. The van der Waals surface area contributed by atoms with Gasteiger partial charge >= 0.3 is 0 Å². The van der Waals surface area contributed by atoms with Gasteiger partial charge in [-0.1, -0.05) is 263 Å². The molecule has 14 aromatic rings. The largest absolute Gasteiger partial charge is 0.309 e. The monoisotopic (exact) mass is 1010 g/mol. The van der Waals surface area contributed by atoms with Crippen molar-refractivity contribution in [2.24, 2.45) is 0 Å². The third-order valence-corrected chi connectivity index (χ3v) is 16.2. The van der Waals surface area contributed by atoms with Gasteiger partial charge in [0, 0.05) is 16.5 Å². The van der Waals surface area contributed by atoms with Crippen molar-refractivity contribution in [3.05, 3.63) is 297 Å². The summed E-state index contributed by atoms with van der Waals surface area (Å²) in [4.78, 5) is 0. The molecule has 0 radical (unpaired) electrons. The molecule has 0 amide bonds. The second kappa shape index (κ2) is 19.6. The summed E-state index contributed by atoms with van der Waals surface area (Å²) in [5.74, 6) is 0. The van der Waals surface area contributed by atoms with Crippen molar-refractivity contribution in [1.82, 2.24) is 4.57 Å². The molecule has 374 valence electrons. The molecule has 0 atom stereocenters. The van der Waals surface area contributed by atoms with Gasteiger partial charge in [-0.3, -0.25) is 0 Å². The zero-order chi connectivity index (χ0) is 53.0. The molecule has 79 heavy (non-hydrogen) atoms. The minimum absolute atomic E-state index is 0.0396. The smallest absolute Gasteiger partial charge is 0.0541 e. The van der Waals surface area contributed by atoms with Gasteiger partial charge in [0.2, 0.25) is 0 Å². The predicted molar refractivity (Wildman–Crippen MR) is 338 cm³/mol. The van der Waals surface area contributed by atoms with Crippen LogP contribution in [-0.4, -0.2) is 4.57 Å². The van der Waals surface area contributed by atoms with Crippen molar-refractivity contribution in [3.63, 3.8) is 0 Å². The lowest BCUT2D eigenvalue weighted by Crippen LogP contribution is -2.10. The van der Waals surface area contributed by atoms with Crippen molar-refractivity contribution in [3.8, 4) is 94.7 Å². The number of hydrogen-bond donors (Lipinski definition) is 0. The van der Waals surface area contributed by atoms with E-state index in [1.807, 2.05) is 0 Å². The lowest BCUT2D eigenvalue weighted by molar-refractivity contribution is 0.591. The predicted octanol–water partition coefficient (Wildman–Crippen LogP) is 21.7. The van der Waals surface area contributed by atoms with Gasteiger partial charge < -0.3 is 4.57 Å². The first-order valence-electron chi connectivity index (χ1n) is 27.6. The first kappa shape index (κ1) is 47.6. The van der Waals surface area contributed by atoms with E-state index in [4.69, 9.17) is 0 Å². The Morgan fingerprint density at radius 1 is 0.215 bits per heavy atom. The van der Waals surface area contributed by atoms with Crippen LogP contribution in [0.15, 0.2) is 291 Å². The van der Waals surface area contributed by atoms with E-state index in [1.165, 1.54) is 144 Å². The van der Waals surface area contributed by atoms with E-state index in [0.29, 0.717) is 0 Å². The average Bonchev–Trinajstić information content (AvgIpc) is 3.91. The highest BCUT2D eigenvalue weighted by Crippen LogP contribution is 2.47. The Morgan fingerprint density at radius 2 is 0.494 bits per heavy atom. The van der Waals surface area contributed by atoms with Gasteiger partial charge in [-0.2, -0.15) is 0 Å². The molecule has 0 aliphatic rings. The highest BCUT2D eigenvalue weighted by atomic mass is 15.0. The molecule has 0 bridgehead atoms. The molecule has 0 aliphatic heterocycles. The van der Waals surface area contributed by atoms with E-state index in [2.05, 4.69) is 317 Å². The van der Waals surface area contributed by atoms with Crippen molar-refractivity contribution in [2.75, 3.05) is 0 Å². The fourth-order valence-corrected chi connectivity index (χ4v) is 12.0. The summed E-state index contributed by atoms with van der Waals surface area (Å²) in [6.07, 6.45) is 0. The van der Waals surface area contributed by atoms with Crippen LogP contribution in [0.1, 0.15) is 26.3 Å². The first-order chi connectivity index (χ1) is 38.8. The van der Waals surface area contributed by atoms with Crippen LogP contribution in [0, 0.1) is 0 Å².